The fourth-order valence-corrected chi connectivity index (χ4v) is 4.02. The molecular weight excluding hydrogens is 412 g/mol. The second kappa shape index (κ2) is 7.92. The van der Waals surface area contributed by atoms with E-state index in [1.165, 1.54) is 20.4 Å². The molecule has 3 heterocycles. The Hall–Kier alpha value is -4.01. The maximum atomic E-state index is 13.2. The van der Waals surface area contributed by atoms with Crippen molar-refractivity contribution in [3.8, 4) is 5.88 Å². The molecular formula is C23H25N4O5+. The summed E-state index contributed by atoms with van der Waals surface area (Å²) in [6.07, 6.45) is 1.46. The summed E-state index contributed by atoms with van der Waals surface area (Å²) in [5.41, 5.74) is 0.952. The zero-order chi connectivity index (χ0) is 23.2. The Morgan fingerprint density at radius 3 is 2.34 bits per heavy atom. The second-order valence-electron chi connectivity index (χ2n) is 7.80. The van der Waals surface area contributed by atoms with E-state index in [1.54, 1.807) is 19.1 Å². The number of nitrogens with zero attached hydrogens (tertiary/aromatic N) is 4. The van der Waals surface area contributed by atoms with Gasteiger partial charge in [-0.05, 0) is 22.4 Å². The second-order valence-corrected chi connectivity index (χ2v) is 7.80. The summed E-state index contributed by atoms with van der Waals surface area (Å²) in [6, 6.07) is 13.0. The molecule has 0 aliphatic carbocycles. The number of rotatable bonds is 5. The molecule has 0 saturated carbocycles. The highest BCUT2D eigenvalue weighted by Crippen LogP contribution is 2.33. The van der Waals surface area contributed by atoms with Gasteiger partial charge in [0.05, 0.1) is 6.26 Å². The van der Waals surface area contributed by atoms with Crippen LogP contribution in [-0.2, 0) is 20.6 Å². The number of aromatic hydroxyl groups is 1. The highest BCUT2D eigenvalue weighted by Gasteiger charge is 2.41. The van der Waals surface area contributed by atoms with Crippen molar-refractivity contribution in [3.63, 3.8) is 0 Å². The quantitative estimate of drug-likeness (QED) is 0.364. The molecule has 1 aromatic carbocycles. The molecule has 9 nitrogen and oxygen atoms in total. The Bertz CT molecular complexity index is 1400. The van der Waals surface area contributed by atoms with Crippen LogP contribution < -0.4 is 15.8 Å². The van der Waals surface area contributed by atoms with Crippen molar-refractivity contribution in [3.05, 3.63) is 104 Å². The number of furan rings is 1. The van der Waals surface area contributed by atoms with E-state index in [4.69, 9.17) is 4.42 Å². The van der Waals surface area contributed by atoms with Crippen LogP contribution in [0.15, 0.2) is 62.7 Å². The lowest BCUT2D eigenvalue weighted by molar-refractivity contribution is -0.702. The maximum absolute atomic E-state index is 13.2. The molecule has 1 atom stereocenters. The Labute approximate surface area is 183 Å². The van der Waals surface area contributed by atoms with E-state index in [1.807, 2.05) is 41.8 Å². The highest BCUT2D eigenvalue weighted by atomic mass is 16.5. The summed E-state index contributed by atoms with van der Waals surface area (Å²) >= 11 is 0. The van der Waals surface area contributed by atoms with E-state index in [9.17, 15) is 19.9 Å². The molecule has 0 fully saturated rings. The van der Waals surface area contributed by atoms with Gasteiger partial charge in [-0.3, -0.25) is 13.9 Å². The van der Waals surface area contributed by atoms with Crippen molar-refractivity contribution in [2.24, 2.45) is 14.1 Å². The summed E-state index contributed by atoms with van der Waals surface area (Å²) in [7, 11) is 2.73. The van der Waals surface area contributed by atoms with E-state index in [0.717, 1.165) is 25.1 Å². The first-order valence-electron chi connectivity index (χ1n) is 10.1. The molecule has 0 amide bonds. The first-order valence-corrected chi connectivity index (χ1v) is 10.1. The first kappa shape index (κ1) is 21.2. The van der Waals surface area contributed by atoms with E-state index < -0.39 is 23.0 Å². The number of hydrogen-bond acceptors (Lipinski definition) is 5. The lowest BCUT2D eigenvalue weighted by Gasteiger charge is -2.16. The van der Waals surface area contributed by atoms with Gasteiger partial charge in [-0.15, -0.1) is 0 Å². The van der Waals surface area contributed by atoms with Crippen LogP contribution in [-0.4, -0.2) is 24.2 Å². The van der Waals surface area contributed by atoms with Gasteiger partial charge >= 0.3 is 11.5 Å². The fourth-order valence-electron chi connectivity index (χ4n) is 4.02. The molecule has 0 saturated heterocycles. The van der Waals surface area contributed by atoms with Gasteiger partial charge < -0.3 is 14.7 Å². The Morgan fingerprint density at radius 1 is 1.03 bits per heavy atom. The number of benzene rings is 1. The molecule has 4 aromatic rings. The Kier molecular flexibility index (Phi) is 5.25. The minimum atomic E-state index is -0.975. The highest BCUT2D eigenvalue weighted by molar-refractivity contribution is 5.38. The summed E-state index contributed by atoms with van der Waals surface area (Å²) in [6.45, 7) is 4.05. The van der Waals surface area contributed by atoms with Crippen LogP contribution in [0.25, 0.3) is 0 Å². The zero-order valence-corrected chi connectivity index (χ0v) is 18.3. The third-order valence-corrected chi connectivity index (χ3v) is 5.97. The molecule has 166 valence electrons. The third kappa shape index (κ3) is 3.22. The largest absolute Gasteiger partial charge is 0.494 e. The smallest absolute Gasteiger partial charge is 0.333 e. The lowest BCUT2D eigenvalue weighted by atomic mass is 9.96. The van der Waals surface area contributed by atoms with Gasteiger partial charge in [0.1, 0.15) is 23.6 Å². The summed E-state index contributed by atoms with van der Waals surface area (Å²) in [5.74, 6) is -0.797. The van der Waals surface area contributed by atoms with Gasteiger partial charge in [0, 0.05) is 27.9 Å². The van der Waals surface area contributed by atoms with Crippen molar-refractivity contribution in [1.29, 1.82) is 0 Å². The van der Waals surface area contributed by atoms with E-state index >= 15 is 0 Å². The molecule has 0 radical (unpaired) electrons. The number of hydrogen-bond donors (Lipinski definition) is 2. The molecule has 9 heteroatoms. The predicted octanol–water partition coefficient (Wildman–Crippen LogP) is 1.55. The zero-order valence-electron chi connectivity index (χ0n) is 18.3. The SMILES string of the molecule is Cc1c(C)[n+](Cc2ccccc2)c(C(c2ccco2)c2c(O)n(C)c(=O)n(C)c2=O)n1O. The maximum Gasteiger partial charge on any atom is 0.333 e. The van der Waals surface area contributed by atoms with E-state index in [-0.39, 0.29) is 5.56 Å². The van der Waals surface area contributed by atoms with E-state index in [0.29, 0.717) is 23.8 Å². The Balaban J connectivity index is 2.07. The van der Waals surface area contributed by atoms with Crippen molar-refractivity contribution >= 4 is 0 Å². The summed E-state index contributed by atoms with van der Waals surface area (Å²) < 4.78 is 10.5. The molecule has 4 rings (SSSR count). The molecule has 0 spiro atoms. The number of imidazole rings is 1. The van der Waals surface area contributed by atoms with Crippen molar-refractivity contribution in [2.75, 3.05) is 0 Å². The van der Waals surface area contributed by atoms with Crippen LogP contribution in [0.1, 0.15) is 40.0 Å². The van der Waals surface area contributed by atoms with Crippen LogP contribution >= 0.6 is 0 Å². The molecule has 32 heavy (non-hydrogen) atoms. The average molecular weight is 437 g/mol. The predicted molar refractivity (Wildman–Crippen MR) is 115 cm³/mol. The molecule has 0 aliphatic rings. The van der Waals surface area contributed by atoms with Gasteiger partial charge in [-0.25, -0.2) is 9.36 Å². The average Bonchev–Trinajstić information content (AvgIpc) is 3.39. The molecule has 1 unspecified atom stereocenters. The van der Waals surface area contributed by atoms with Gasteiger partial charge in [0.2, 0.25) is 5.88 Å². The normalized spacial score (nSPS) is 12.2. The first-order chi connectivity index (χ1) is 15.2. The van der Waals surface area contributed by atoms with Gasteiger partial charge in [-0.2, -0.15) is 0 Å². The van der Waals surface area contributed by atoms with Gasteiger partial charge in [0.25, 0.3) is 5.56 Å². The van der Waals surface area contributed by atoms with Crippen molar-refractivity contribution in [1.82, 2.24) is 13.9 Å². The molecule has 0 bridgehead atoms. The van der Waals surface area contributed by atoms with Gasteiger partial charge in [0.15, 0.2) is 11.6 Å². The van der Waals surface area contributed by atoms with Crippen LogP contribution in [0.3, 0.4) is 0 Å². The fraction of sp³-hybridized carbons (Fsp3) is 0.261. The Morgan fingerprint density at radius 2 is 1.72 bits per heavy atom. The van der Waals surface area contributed by atoms with E-state index in [2.05, 4.69) is 0 Å². The molecule has 2 N–H and O–H groups in total. The lowest BCUT2D eigenvalue weighted by Crippen LogP contribution is -2.45. The number of aromatic nitrogens is 4. The van der Waals surface area contributed by atoms with Crippen molar-refractivity contribution in [2.45, 2.75) is 26.3 Å². The minimum absolute atomic E-state index is 0.0702. The third-order valence-electron chi connectivity index (χ3n) is 5.97. The van der Waals surface area contributed by atoms with Crippen LogP contribution in [0.4, 0.5) is 0 Å². The summed E-state index contributed by atoms with van der Waals surface area (Å²) in [4.78, 5) is 25.5. The van der Waals surface area contributed by atoms with Gasteiger partial charge in [-0.1, -0.05) is 30.3 Å². The summed E-state index contributed by atoms with van der Waals surface area (Å²) in [5, 5.41) is 21.9. The minimum Gasteiger partial charge on any atom is -0.494 e. The van der Waals surface area contributed by atoms with Crippen LogP contribution in [0.5, 0.6) is 5.88 Å². The van der Waals surface area contributed by atoms with Crippen LogP contribution in [0, 0.1) is 13.8 Å². The standard InChI is InChI=1S/C23H24N4O5/c1-14-15(2)27(31)20(26(14)13-16-9-6-5-7-10-16)18(17-11-8-12-32-17)19-21(28)24(3)23(30)25(4)22(19)29/h5-12,18H,13H2,1-4H3,(H-,28,29,31)/p+1. The van der Waals surface area contributed by atoms with Crippen LogP contribution in [0.2, 0.25) is 0 Å². The topological polar surface area (TPSA) is 106 Å². The monoisotopic (exact) mass is 437 g/mol. The van der Waals surface area contributed by atoms with Crippen molar-refractivity contribution < 1.29 is 19.3 Å². The molecule has 3 aromatic heterocycles. The molecule has 0 aliphatic heterocycles.